The van der Waals surface area contributed by atoms with E-state index in [2.05, 4.69) is 36.0 Å². The van der Waals surface area contributed by atoms with Gasteiger partial charge in [0.05, 0.1) is 43.0 Å². The third-order valence-electron chi connectivity index (χ3n) is 6.54. The highest BCUT2D eigenvalue weighted by atomic mass is 16.6. The Balaban J connectivity index is 0. The second-order valence-electron chi connectivity index (χ2n) is 10.6. The average Bonchev–Trinajstić information content (AvgIpc) is 3.34. The smallest absolute Gasteiger partial charge is 0.346 e. The molecule has 46 heavy (non-hydrogen) atoms. The van der Waals surface area contributed by atoms with Crippen LogP contribution in [-0.2, 0) is 14.3 Å². The fourth-order valence-electron chi connectivity index (χ4n) is 3.56. The molecule has 0 radical (unpaired) electrons. The molecule has 1 aromatic rings. The summed E-state index contributed by atoms with van der Waals surface area (Å²) in [7, 11) is 0. The Kier molecular flexibility index (Phi) is 29.0. The number of aliphatic hydroxyl groups excluding tert-OH is 4. The molecule has 11 nitrogen and oxygen atoms in total. The molecule has 0 saturated carbocycles. The molecule has 1 heterocycles. The monoisotopic (exact) mass is 650 g/mol. The van der Waals surface area contributed by atoms with Gasteiger partial charge in [0.25, 0.3) is 0 Å². The summed E-state index contributed by atoms with van der Waals surface area (Å²) in [6.07, 6.45) is 24.8. The molecule has 0 atom stereocenters. The summed E-state index contributed by atoms with van der Waals surface area (Å²) in [6, 6.07) is 6.53. The van der Waals surface area contributed by atoms with E-state index in [4.69, 9.17) is 30.6 Å². The molecule has 0 unspecified atom stereocenters. The SMILES string of the molecule is CC=CC(=O)O.CCCCCC=CCC=CCCCCCCCC(=O)O.O=C1OC(=O)c2ccccc21.OCC(CO)(CO)CO. The van der Waals surface area contributed by atoms with Crippen molar-refractivity contribution >= 4 is 23.9 Å². The number of esters is 2. The first-order chi connectivity index (χ1) is 22.1. The van der Waals surface area contributed by atoms with Crippen LogP contribution in [0.3, 0.4) is 0 Å². The summed E-state index contributed by atoms with van der Waals surface area (Å²) in [4.78, 5) is 41.5. The Morgan fingerprint density at radius 3 is 1.54 bits per heavy atom. The van der Waals surface area contributed by atoms with Crippen LogP contribution in [0.2, 0.25) is 0 Å². The number of carbonyl (C=O) groups is 4. The van der Waals surface area contributed by atoms with Crippen molar-refractivity contribution in [1.29, 1.82) is 0 Å². The molecule has 1 aliphatic rings. The Morgan fingerprint density at radius 1 is 0.717 bits per heavy atom. The van der Waals surface area contributed by atoms with Crippen LogP contribution >= 0.6 is 0 Å². The zero-order chi connectivity index (χ0) is 35.1. The number of aliphatic hydroxyl groups is 4. The normalized spacial score (nSPS) is 12.1. The van der Waals surface area contributed by atoms with E-state index in [1.54, 1.807) is 31.2 Å². The molecule has 6 N–H and O–H groups in total. The van der Waals surface area contributed by atoms with Gasteiger partial charge in [0.15, 0.2) is 0 Å². The van der Waals surface area contributed by atoms with Crippen LogP contribution in [0.5, 0.6) is 0 Å². The first kappa shape index (κ1) is 44.5. The van der Waals surface area contributed by atoms with Crippen molar-refractivity contribution in [3.63, 3.8) is 0 Å². The molecule has 0 amide bonds. The van der Waals surface area contributed by atoms with E-state index in [0.717, 1.165) is 31.8 Å². The van der Waals surface area contributed by atoms with Gasteiger partial charge in [0.1, 0.15) is 0 Å². The van der Waals surface area contributed by atoms with Gasteiger partial charge in [-0.25, -0.2) is 14.4 Å². The van der Waals surface area contributed by atoms with Crippen LogP contribution in [-0.4, -0.2) is 80.9 Å². The van der Waals surface area contributed by atoms with Crippen LogP contribution in [0.4, 0.5) is 0 Å². The summed E-state index contributed by atoms with van der Waals surface area (Å²) in [5.41, 5.74) is -0.394. The lowest BCUT2D eigenvalue weighted by Gasteiger charge is -2.23. The Hall–Kier alpha value is -3.64. The number of benzene rings is 1. The van der Waals surface area contributed by atoms with Gasteiger partial charge in [-0.2, -0.15) is 0 Å². The number of cyclic esters (lactones) is 2. The topological polar surface area (TPSA) is 199 Å². The van der Waals surface area contributed by atoms with Crippen LogP contribution in [0.1, 0.15) is 112 Å². The molecule has 0 aliphatic carbocycles. The van der Waals surface area contributed by atoms with Crippen LogP contribution in [0.15, 0.2) is 60.7 Å². The maximum atomic E-state index is 10.8. The summed E-state index contributed by atoms with van der Waals surface area (Å²) in [6.45, 7) is 2.27. The molecule has 260 valence electrons. The number of fused-ring (bicyclic) bond motifs is 1. The number of rotatable bonds is 19. The van der Waals surface area contributed by atoms with E-state index in [-0.39, 0.29) is 0 Å². The fraction of sp³-hybridized carbons (Fsp3) is 0.543. The quantitative estimate of drug-likeness (QED) is 0.0365. The van der Waals surface area contributed by atoms with Crippen molar-refractivity contribution in [2.24, 2.45) is 5.41 Å². The van der Waals surface area contributed by atoms with Gasteiger partial charge in [-0.05, 0) is 57.6 Å². The highest BCUT2D eigenvalue weighted by Gasteiger charge is 2.28. The van der Waals surface area contributed by atoms with Gasteiger partial charge < -0.3 is 35.4 Å². The number of carbonyl (C=O) groups excluding carboxylic acids is 2. The molecule has 2 rings (SSSR count). The summed E-state index contributed by atoms with van der Waals surface area (Å²) >= 11 is 0. The molecule has 0 bridgehead atoms. The molecule has 0 fully saturated rings. The lowest BCUT2D eigenvalue weighted by atomic mass is 9.93. The van der Waals surface area contributed by atoms with Crippen molar-refractivity contribution in [3.8, 4) is 0 Å². The Morgan fingerprint density at radius 2 is 1.17 bits per heavy atom. The highest BCUT2D eigenvalue weighted by Crippen LogP contribution is 2.18. The second-order valence-corrected chi connectivity index (χ2v) is 10.6. The maximum absolute atomic E-state index is 10.8. The molecule has 0 saturated heterocycles. The van der Waals surface area contributed by atoms with Crippen molar-refractivity contribution < 1.29 is 54.6 Å². The Labute approximate surface area is 272 Å². The number of hydrogen-bond acceptors (Lipinski definition) is 9. The molecule has 1 aliphatic heterocycles. The highest BCUT2D eigenvalue weighted by molar-refractivity contribution is 6.14. The summed E-state index contributed by atoms with van der Waals surface area (Å²) < 4.78 is 4.35. The minimum Gasteiger partial charge on any atom is -0.481 e. The van der Waals surface area contributed by atoms with Gasteiger partial charge in [0.2, 0.25) is 0 Å². The second kappa shape index (κ2) is 30.0. The van der Waals surface area contributed by atoms with Gasteiger partial charge in [-0.15, -0.1) is 0 Å². The fourth-order valence-corrected chi connectivity index (χ4v) is 3.56. The number of ether oxygens (including phenoxy) is 1. The van der Waals surface area contributed by atoms with Gasteiger partial charge in [-0.1, -0.05) is 81.5 Å². The van der Waals surface area contributed by atoms with Gasteiger partial charge in [0, 0.05) is 12.5 Å². The van der Waals surface area contributed by atoms with Gasteiger partial charge in [-0.3, -0.25) is 4.79 Å². The van der Waals surface area contributed by atoms with Gasteiger partial charge >= 0.3 is 23.9 Å². The van der Waals surface area contributed by atoms with E-state index >= 15 is 0 Å². The third kappa shape index (κ3) is 23.7. The predicted octanol–water partition coefficient (Wildman–Crippen LogP) is 5.47. The molecule has 0 spiro atoms. The number of carboxylic acids is 2. The minimum absolute atomic E-state index is 0.324. The third-order valence-corrected chi connectivity index (χ3v) is 6.54. The lowest BCUT2D eigenvalue weighted by molar-refractivity contribution is -0.137. The number of aliphatic carboxylic acids is 2. The standard InChI is InChI=1S/C18H32O2.C8H4O3.C5H12O4.C4H6O2/c1-2-3-4-5-6-7-8-9-10-11-12-13-14-15-16-17-18(19)20;9-7-5-3-1-2-4-6(5)8(10)11-7;6-1-5(2-7,3-8)4-9;1-2-3-4(5)6/h6-7,9-10H,2-5,8,11-17H2,1H3,(H,19,20);1-4H;6-9H,1-4H2;2-3H,1H3,(H,5,6). The zero-order valence-corrected chi connectivity index (χ0v) is 27.3. The van der Waals surface area contributed by atoms with Crippen molar-refractivity contribution in [2.75, 3.05) is 26.4 Å². The van der Waals surface area contributed by atoms with E-state index in [1.807, 2.05) is 0 Å². The molecular weight excluding hydrogens is 596 g/mol. The first-order valence-electron chi connectivity index (χ1n) is 15.7. The van der Waals surface area contributed by atoms with Crippen LogP contribution in [0.25, 0.3) is 0 Å². The van der Waals surface area contributed by atoms with E-state index in [0.29, 0.717) is 17.5 Å². The summed E-state index contributed by atoms with van der Waals surface area (Å²) in [5, 5.41) is 50.3. The van der Waals surface area contributed by atoms with E-state index in [1.165, 1.54) is 51.0 Å². The average molecular weight is 651 g/mol. The lowest BCUT2D eigenvalue weighted by Crippen LogP contribution is -2.37. The largest absolute Gasteiger partial charge is 0.481 e. The number of unbranched alkanes of at least 4 members (excludes halogenated alkanes) is 8. The van der Waals surface area contributed by atoms with E-state index in [9.17, 15) is 19.2 Å². The molecule has 11 heteroatoms. The summed E-state index contributed by atoms with van der Waals surface area (Å²) in [5.74, 6) is -2.66. The van der Waals surface area contributed by atoms with Crippen molar-refractivity contribution in [2.45, 2.75) is 90.9 Å². The maximum Gasteiger partial charge on any atom is 0.346 e. The first-order valence-corrected chi connectivity index (χ1v) is 15.7. The number of hydrogen-bond donors (Lipinski definition) is 6. The van der Waals surface area contributed by atoms with Crippen molar-refractivity contribution in [1.82, 2.24) is 0 Å². The molecular formula is C35H54O11. The molecule has 0 aromatic heterocycles. The number of allylic oxidation sites excluding steroid dienone is 5. The Bertz CT molecular complexity index is 1010. The predicted molar refractivity (Wildman–Crippen MR) is 176 cm³/mol. The minimum atomic E-state index is -1.11. The van der Waals surface area contributed by atoms with E-state index < -0.39 is 55.7 Å². The number of carboxylic acid groups (broad SMARTS) is 2. The van der Waals surface area contributed by atoms with Crippen molar-refractivity contribution in [3.05, 3.63) is 71.8 Å². The van der Waals surface area contributed by atoms with Crippen LogP contribution in [0, 0.1) is 5.41 Å². The molecule has 1 aromatic carbocycles. The zero-order valence-electron chi connectivity index (χ0n) is 27.3. The van der Waals surface area contributed by atoms with Crippen LogP contribution < -0.4 is 0 Å².